The summed E-state index contributed by atoms with van der Waals surface area (Å²) in [6.07, 6.45) is 4.42. The van der Waals surface area contributed by atoms with E-state index in [0.717, 1.165) is 0 Å². The lowest BCUT2D eigenvalue weighted by molar-refractivity contribution is 0.0181. The zero-order valence-corrected chi connectivity index (χ0v) is 12.1. The minimum Gasteiger partial charge on any atom is -0.508 e. The maximum atomic E-state index is 13.7. The molecule has 0 saturated heterocycles. The molecule has 0 bridgehead atoms. The average molecular weight is 279 g/mol. The van der Waals surface area contributed by atoms with Crippen LogP contribution in [-0.2, 0) is 6.42 Å². The monoisotopic (exact) mass is 279 g/mol. The number of phenolic OH excluding ortho intramolecular Hbond substituents is 1. The Morgan fingerprint density at radius 2 is 2.05 bits per heavy atom. The quantitative estimate of drug-likeness (QED) is 0.923. The molecule has 1 heterocycles. The van der Waals surface area contributed by atoms with E-state index in [1.807, 2.05) is 0 Å². The van der Waals surface area contributed by atoms with E-state index in [1.165, 1.54) is 31.4 Å². The van der Waals surface area contributed by atoms with E-state index in [9.17, 15) is 9.50 Å². The van der Waals surface area contributed by atoms with Crippen molar-refractivity contribution in [2.24, 2.45) is 0 Å². The Morgan fingerprint density at radius 1 is 1.30 bits per heavy atom. The van der Waals surface area contributed by atoms with Crippen LogP contribution in [0, 0.1) is 5.82 Å². The summed E-state index contributed by atoms with van der Waals surface area (Å²) in [7, 11) is 0. The second-order valence-corrected chi connectivity index (χ2v) is 6.17. The number of halogens is 1. The smallest absolute Gasteiger partial charge is 0.165 e. The zero-order chi connectivity index (χ0) is 14.3. The maximum absolute atomic E-state index is 13.7. The summed E-state index contributed by atoms with van der Waals surface area (Å²) >= 11 is 0. The van der Waals surface area contributed by atoms with Crippen LogP contribution in [0.25, 0.3) is 0 Å². The van der Waals surface area contributed by atoms with Crippen molar-refractivity contribution in [1.82, 2.24) is 4.90 Å². The highest BCUT2D eigenvalue weighted by Crippen LogP contribution is 2.38. The maximum Gasteiger partial charge on any atom is 0.165 e. The Kier molecular flexibility index (Phi) is 3.59. The summed E-state index contributed by atoms with van der Waals surface area (Å²) in [4.78, 5) is 2.48. The van der Waals surface area contributed by atoms with E-state index in [2.05, 4.69) is 18.7 Å². The van der Waals surface area contributed by atoms with Crippen molar-refractivity contribution in [2.75, 3.05) is 6.61 Å². The van der Waals surface area contributed by atoms with Crippen LogP contribution in [0.4, 0.5) is 4.39 Å². The van der Waals surface area contributed by atoms with E-state index in [-0.39, 0.29) is 23.4 Å². The Labute approximate surface area is 119 Å². The predicted octanol–water partition coefficient (Wildman–Crippen LogP) is 3.10. The first-order valence-electron chi connectivity index (χ1n) is 7.48. The highest BCUT2D eigenvalue weighted by molar-refractivity contribution is 5.46. The van der Waals surface area contributed by atoms with Crippen LogP contribution in [0.15, 0.2) is 12.1 Å². The summed E-state index contributed by atoms with van der Waals surface area (Å²) in [5.41, 5.74) is 0.617. The lowest BCUT2D eigenvalue weighted by Crippen LogP contribution is -2.54. The standard InChI is InChI=1S/C16H22FNO2/c1-10(2)18(11-4-3-5-11)12-8-13-15(19)7-6-14(17)16(13)20-9-12/h6-7,10-12,19H,3-5,8-9H2,1-2H3. The number of aromatic hydroxyl groups is 1. The molecule has 1 atom stereocenters. The molecule has 1 fully saturated rings. The molecule has 0 aromatic heterocycles. The van der Waals surface area contributed by atoms with Gasteiger partial charge in [0.2, 0.25) is 0 Å². The number of hydrogen-bond acceptors (Lipinski definition) is 3. The molecule has 1 aliphatic carbocycles. The van der Waals surface area contributed by atoms with Gasteiger partial charge in [0.25, 0.3) is 0 Å². The molecule has 1 unspecified atom stereocenters. The molecular formula is C16H22FNO2. The molecule has 110 valence electrons. The first kappa shape index (κ1) is 13.7. The van der Waals surface area contributed by atoms with Gasteiger partial charge < -0.3 is 9.84 Å². The van der Waals surface area contributed by atoms with Gasteiger partial charge >= 0.3 is 0 Å². The fraction of sp³-hybridized carbons (Fsp3) is 0.625. The van der Waals surface area contributed by atoms with Crippen LogP contribution in [0.1, 0.15) is 38.7 Å². The van der Waals surface area contributed by atoms with Gasteiger partial charge in [0.15, 0.2) is 11.6 Å². The third-order valence-corrected chi connectivity index (χ3v) is 4.56. The molecule has 2 aliphatic rings. The van der Waals surface area contributed by atoms with Crippen molar-refractivity contribution in [3.05, 3.63) is 23.5 Å². The highest BCUT2D eigenvalue weighted by atomic mass is 19.1. The largest absolute Gasteiger partial charge is 0.508 e. The minimum absolute atomic E-state index is 0.142. The van der Waals surface area contributed by atoms with Crippen molar-refractivity contribution in [2.45, 2.75) is 57.7 Å². The van der Waals surface area contributed by atoms with E-state index in [4.69, 9.17) is 4.74 Å². The number of fused-ring (bicyclic) bond motifs is 1. The second-order valence-electron chi connectivity index (χ2n) is 6.17. The number of rotatable bonds is 3. The molecule has 1 aromatic carbocycles. The van der Waals surface area contributed by atoms with Gasteiger partial charge in [0, 0.05) is 23.7 Å². The first-order valence-corrected chi connectivity index (χ1v) is 7.48. The topological polar surface area (TPSA) is 32.7 Å². The van der Waals surface area contributed by atoms with Gasteiger partial charge in [-0.2, -0.15) is 0 Å². The van der Waals surface area contributed by atoms with E-state index in [0.29, 0.717) is 30.7 Å². The van der Waals surface area contributed by atoms with Gasteiger partial charge in [-0.05, 0) is 45.2 Å². The summed E-state index contributed by atoms with van der Waals surface area (Å²) in [5, 5.41) is 9.96. The Hall–Kier alpha value is -1.29. The van der Waals surface area contributed by atoms with Gasteiger partial charge in [-0.3, -0.25) is 4.90 Å². The molecule has 20 heavy (non-hydrogen) atoms. The Morgan fingerprint density at radius 3 is 2.65 bits per heavy atom. The van der Waals surface area contributed by atoms with Crippen LogP contribution in [-0.4, -0.2) is 34.7 Å². The van der Waals surface area contributed by atoms with Crippen LogP contribution < -0.4 is 4.74 Å². The normalized spacial score (nSPS) is 22.6. The number of benzene rings is 1. The molecule has 1 saturated carbocycles. The number of hydrogen-bond donors (Lipinski definition) is 1. The molecule has 0 amide bonds. The van der Waals surface area contributed by atoms with Gasteiger partial charge in [0.1, 0.15) is 12.4 Å². The average Bonchev–Trinajstić information content (AvgIpc) is 2.37. The van der Waals surface area contributed by atoms with Gasteiger partial charge in [-0.25, -0.2) is 4.39 Å². The molecule has 3 rings (SSSR count). The predicted molar refractivity (Wildman–Crippen MR) is 75.7 cm³/mol. The first-order chi connectivity index (χ1) is 9.58. The molecular weight excluding hydrogens is 257 g/mol. The van der Waals surface area contributed by atoms with E-state index >= 15 is 0 Å². The Bertz CT molecular complexity index is 499. The van der Waals surface area contributed by atoms with Crippen molar-refractivity contribution in [3.63, 3.8) is 0 Å². The number of nitrogens with zero attached hydrogens (tertiary/aromatic N) is 1. The molecule has 1 aromatic rings. The third-order valence-electron chi connectivity index (χ3n) is 4.56. The molecule has 1 N–H and O–H groups in total. The molecule has 4 heteroatoms. The summed E-state index contributed by atoms with van der Waals surface area (Å²) < 4.78 is 19.3. The van der Waals surface area contributed by atoms with E-state index in [1.54, 1.807) is 0 Å². The molecule has 0 radical (unpaired) electrons. The van der Waals surface area contributed by atoms with Crippen molar-refractivity contribution < 1.29 is 14.2 Å². The summed E-state index contributed by atoms with van der Waals surface area (Å²) in [5.74, 6) is -0.00188. The fourth-order valence-electron chi connectivity index (χ4n) is 3.43. The van der Waals surface area contributed by atoms with Gasteiger partial charge in [-0.15, -0.1) is 0 Å². The zero-order valence-electron chi connectivity index (χ0n) is 12.1. The fourth-order valence-corrected chi connectivity index (χ4v) is 3.43. The van der Waals surface area contributed by atoms with Crippen molar-refractivity contribution in [3.8, 4) is 11.5 Å². The van der Waals surface area contributed by atoms with Gasteiger partial charge in [-0.1, -0.05) is 6.42 Å². The third kappa shape index (κ3) is 2.26. The second kappa shape index (κ2) is 5.24. The molecule has 3 nitrogen and oxygen atoms in total. The van der Waals surface area contributed by atoms with Crippen molar-refractivity contribution >= 4 is 0 Å². The van der Waals surface area contributed by atoms with Crippen LogP contribution in [0.3, 0.4) is 0 Å². The minimum atomic E-state index is -0.379. The van der Waals surface area contributed by atoms with Crippen LogP contribution >= 0.6 is 0 Å². The van der Waals surface area contributed by atoms with Gasteiger partial charge in [0.05, 0.1) is 0 Å². The SMILES string of the molecule is CC(C)N(C1CCC1)C1COc2c(F)ccc(O)c2C1. The van der Waals surface area contributed by atoms with Crippen LogP contribution in [0.5, 0.6) is 11.5 Å². The highest BCUT2D eigenvalue weighted by Gasteiger charge is 2.36. The molecule has 1 aliphatic heterocycles. The number of ether oxygens (including phenoxy) is 1. The summed E-state index contributed by atoms with van der Waals surface area (Å²) in [6.45, 7) is 4.89. The van der Waals surface area contributed by atoms with Crippen molar-refractivity contribution in [1.29, 1.82) is 0 Å². The van der Waals surface area contributed by atoms with Crippen LogP contribution in [0.2, 0.25) is 0 Å². The molecule has 0 spiro atoms. The Balaban J connectivity index is 1.85. The lowest BCUT2D eigenvalue weighted by atomic mass is 9.87. The lowest BCUT2D eigenvalue weighted by Gasteiger charge is -2.46. The number of phenols is 1. The summed E-state index contributed by atoms with van der Waals surface area (Å²) in [6, 6.07) is 3.95. The van der Waals surface area contributed by atoms with E-state index < -0.39 is 0 Å².